The summed E-state index contributed by atoms with van der Waals surface area (Å²) in [5.41, 5.74) is 6.41. The summed E-state index contributed by atoms with van der Waals surface area (Å²) in [5.74, 6) is 1.30. The maximum atomic E-state index is 5.45. The van der Waals surface area contributed by atoms with Gasteiger partial charge in [-0.15, -0.1) is 0 Å². The van der Waals surface area contributed by atoms with Crippen molar-refractivity contribution in [1.82, 2.24) is 4.98 Å². The normalized spacial score (nSPS) is 18.6. The van der Waals surface area contributed by atoms with Crippen LogP contribution in [-0.4, -0.2) is 24.7 Å². The monoisotopic (exact) mass is 196 g/mol. The summed E-state index contributed by atoms with van der Waals surface area (Å²) in [6.07, 6.45) is 4.55. The number of nitrogens with two attached hydrogens (primary N) is 1. The van der Waals surface area contributed by atoms with E-state index >= 15 is 0 Å². The Morgan fingerprint density at radius 2 is 2.21 bits per heavy atom. The lowest BCUT2D eigenvalue weighted by Gasteiger charge is -2.18. The summed E-state index contributed by atoms with van der Waals surface area (Å²) in [6, 6.07) is 0. The third-order valence-corrected chi connectivity index (χ3v) is 2.54. The molecule has 2 N–H and O–H groups in total. The molecule has 1 aliphatic heterocycles. The van der Waals surface area contributed by atoms with Gasteiger partial charge in [-0.3, -0.25) is 0 Å². The smallest absolute Gasteiger partial charge is 0.197 e. The minimum Gasteiger partial charge on any atom is -0.448 e. The zero-order valence-electron chi connectivity index (χ0n) is 8.24. The van der Waals surface area contributed by atoms with Crippen molar-refractivity contribution in [2.75, 3.05) is 19.8 Å². The quantitative estimate of drug-likeness (QED) is 0.785. The third-order valence-electron chi connectivity index (χ3n) is 2.54. The molecule has 14 heavy (non-hydrogen) atoms. The molecule has 0 bridgehead atoms. The summed E-state index contributed by atoms with van der Waals surface area (Å²) in [7, 11) is 0. The first-order chi connectivity index (χ1) is 6.90. The van der Waals surface area contributed by atoms with E-state index in [1.54, 1.807) is 6.26 Å². The predicted octanol–water partition coefficient (Wildman–Crippen LogP) is 1.07. The van der Waals surface area contributed by atoms with Crippen molar-refractivity contribution in [1.29, 1.82) is 0 Å². The fraction of sp³-hybridized carbons (Fsp3) is 0.700. The van der Waals surface area contributed by atoms with Gasteiger partial charge in [0.2, 0.25) is 0 Å². The Kier molecular flexibility index (Phi) is 3.16. The molecule has 2 heterocycles. The van der Waals surface area contributed by atoms with Gasteiger partial charge in [0.15, 0.2) is 5.89 Å². The number of aromatic nitrogens is 1. The Morgan fingerprint density at radius 1 is 1.43 bits per heavy atom. The van der Waals surface area contributed by atoms with Gasteiger partial charge in [-0.1, -0.05) is 0 Å². The molecule has 0 unspecified atom stereocenters. The topological polar surface area (TPSA) is 61.3 Å². The second-order valence-electron chi connectivity index (χ2n) is 3.60. The number of ether oxygens (including phenoxy) is 1. The second kappa shape index (κ2) is 4.57. The number of rotatable bonds is 3. The lowest BCUT2D eigenvalue weighted by atomic mass is 10.0. The van der Waals surface area contributed by atoms with Gasteiger partial charge in [0.1, 0.15) is 6.26 Å². The van der Waals surface area contributed by atoms with Crippen LogP contribution in [0.1, 0.15) is 30.3 Å². The first kappa shape index (κ1) is 9.68. The Balaban J connectivity index is 2.00. The van der Waals surface area contributed by atoms with Crippen molar-refractivity contribution in [2.45, 2.75) is 25.2 Å². The number of nitrogens with zero attached hydrogens (tertiary/aromatic N) is 1. The van der Waals surface area contributed by atoms with Crippen LogP contribution < -0.4 is 5.73 Å². The summed E-state index contributed by atoms with van der Waals surface area (Å²) in [6.45, 7) is 2.26. The molecule has 0 radical (unpaired) electrons. The largest absolute Gasteiger partial charge is 0.448 e. The zero-order valence-corrected chi connectivity index (χ0v) is 8.24. The molecule has 1 aromatic heterocycles. The van der Waals surface area contributed by atoms with Crippen LogP contribution in [0.2, 0.25) is 0 Å². The first-order valence-electron chi connectivity index (χ1n) is 5.12. The Hall–Kier alpha value is -0.870. The van der Waals surface area contributed by atoms with Crippen molar-refractivity contribution in [3.05, 3.63) is 17.8 Å². The lowest BCUT2D eigenvalue weighted by Crippen LogP contribution is -2.14. The molecule has 0 saturated carbocycles. The van der Waals surface area contributed by atoms with Crippen LogP contribution in [0.3, 0.4) is 0 Å². The minimum atomic E-state index is 0.440. The molecule has 1 saturated heterocycles. The minimum absolute atomic E-state index is 0.440. The highest BCUT2D eigenvalue weighted by atomic mass is 16.5. The average molecular weight is 196 g/mol. The molecule has 4 heteroatoms. The lowest BCUT2D eigenvalue weighted by molar-refractivity contribution is 0.0794. The van der Waals surface area contributed by atoms with E-state index in [0.717, 1.165) is 44.1 Å². The summed E-state index contributed by atoms with van der Waals surface area (Å²) < 4.78 is 10.7. The van der Waals surface area contributed by atoms with E-state index in [2.05, 4.69) is 4.98 Å². The van der Waals surface area contributed by atoms with Crippen LogP contribution in [0.15, 0.2) is 10.7 Å². The van der Waals surface area contributed by atoms with Gasteiger partial charge < -0.3 is 14.9 Å². The van der Waals surface area contributed by atoms with E-state index in [1.807, 2.05) is 0 Å². The fourth-order valence-corrected chi connectivity index (χ4v) is 1.72. The van der Waals surface area contributed by atoms with Crippen LogP contribution >= 0.6 is 0 Å². The molecule has 1 aliphatic rings. The van der Waals surface area contributed by atoms with Gasteiger partial charge in [-0.2, -0.15) is 0 Å². The fourth-order valence-electron chi connectivity index (χ4n) is 1.72. The first-order valence-corrected chi connectivity index (χ1v) is 5.12. The summed E-state index contributed by atoms with van der Waals surface area (Å²) in [5, 5.41) is 0. The van der Waals surface area contributed by atoms with Crippen LogP contribution in [0, 0.1) is 0 Å². The van der Waals surface area contributed by atoms with Crippen LogP contribution in [0.25, 0.3) is 0 Å². The molecule has 0 atom stereocenters. The van der Waals surface area contributed by atoms with Crippen molar-refractivity contribution < 1.29 is 9.15 Å². The maximum Gasteiger partial charge on any atom is 0.197 e. The molecule has 0 aromatic carbocycles. The van der Waals surface area contributed by atoms with E-state index in [9.17, 15) is 0 Å². The SMILES string of the molecule is NCCc1coc(C2CCOCC2)n1. The van der Waals surface area contributed by atoms with Crippen molar-refractivity contribution >= 4 is 0 Å². The van der Waals surface area contributed by atoms with Crippen molar-refractivity contribution in [3.63, 3.8) is 0 Å². The number of hydrogen-bond acceptors (Lipinski definition) is 4. The third kappa shape index (κ3) is 2.13. The van der Waals surface area contributed by atoms with Gasteiger partial charge in [-0.05, 0) is 19.4 Å². The molecule has 1 fully saturated rings. The molecule has 0 spiro atoms. The molecular weight excluding hydrogens is 180 g/mol. The summed E-state index contributed by atoms with van der Waals surface area (Å²) >= 11 is 0. The van der Waals surface area contributed by atoms with Crippen LogP contribution in [0.4, 0.5) is 0 Å². The molecule has 2 rings (SSSR count). The highest BCUT2D eigenvalue weighted by molar-refractivity contribution is 5.01. The van der Waals surface area contributed by atoms with E-state index < -0.39 is 0 Å². The highest BCUT2D eigenvalue weighted by Crippen LogP contribution is 2.25. The van der Waals surface area contributed by atoms with Gasteiger partial charge in [0.25, 0.3) is 0 Å². The second-order valence-corrected chi connectivity index (χ2v) is 3.60. The van der Waals surface area contributed by atoms with Gasteiger partial charge in [0.05, 0.1) is 5.69 Å². The van der Waals surface area contributed by atoms with Crippen LogP contribution in [0.5, 0.6) is 0 Å². The average Bonchev–Trinajstić information content (AvgIpc) is 2.68. The van der Waals surface area contributed by atoms with E-state index in [4.69, 9.17) is 14.9 Å². The molecule has 0 amide bonds. The van der Waals surface area contributed by atoms with E-state index in [-0.39, 0.29) is 0 Å². The molecular formula is C10H16N2O2. The standard InChI is InChI=1S/C10H16N2O2/c11-4-1-9-7-14-10(12-9)8-2-5-13-6-3-8/h7-8H,1-6,11H2. The number of oxazole rings is 1. The Bertz CT molecular complexity index is 279. The highest BCUT2D eigenvalue weighted by Gasteiger charge is 2.20. The van der Waals surface area contributed by atoms with E-state index in [1.165, 1.54) is 0 Å². The summed E-state index contributed by atoms with van der Waals surface area (Å²) in [4.78, 5) is 4.42. The van der Waals surface area contributed by atoms with Gasteiger partial charge >= 0.3 is 0 Å². The van der Waals surface area contributed by atoms with Crippen molar-refractivity contribution in [3.8, 4) is 0 Å². The predicted molar refractivity (Wildman–Crippen MR) is 52.1 cm³/mol. The zero-order chi connectivity index (χ0) is 9.80. The molecule has 0 aliphatic carbocycles. The molecule has 78 valence electrons. The maximum absolute atomic E-state index is 5.45. The van der Waals surface area contributed by atoms with Crippen LogP contribution in [-0.2, 0) is 11.2 Å². The van der Waals surface area contributed by atoms with Gasteiger partial charge in [-0.25, -0.2) is 4.98 Å². The molecule has 4 nitrogen and oxygen atoms in total. The Morgan fingerprint density at radius 3 is 2.93 bits per heavy atom. The van der Waals surface area contributed by atoms with Gasteiger partial charge in [0, 0.05) is 25.6 Å². The Labute approximate surface area is 83.4 Å². The molecule has 1 aromatic rings. The van der Waals surface area contributed by atoms with Crippen molar-refractivity contribution in [2.24, 2.45) is 5.73 Å². The number of hydrogen-bond donors (Lipinski definition) is 1. The van der Waals surface area contributed by atoms with E-state index in [0.29, 0.717) is 12.5 Å².